The number of hydrogen-bond donors (Lipinski definition) is 5. The SMILES string of the molecule is CC1=CC(=O)CC(C)(C)[C@@]1(O)/C=C\C(C)=C/C(=O)O[C@@H]1O[C@H](CO)[C@@H](O)[C@H](O)[C@H]1O. The Morgan fingerprint density at radius 3 is 2.47 bits per heavy atom. The summed E-state index contributed by atoms with van der Waals surface area (Å²) in [7, 11) is 0. The third-order valence-electron chi connectivity index (χ3n) is 5.64. The molecular weight excluding hydrogens is 396 g/mol. The van der Waals surface area contributed by atoms with Crippen molar-refractivity contribution in [2.24, 2.45) is 5.41 Å². The fourth-order valence-electron chi connectivity index (χ4n) is 3.66. The molecule has 0 unspecified atom stereocenters. The van der Waals surface area contributed by atoms with E-state index in [-0.39, 0.29) is 12.2 Å². The zero-order valence-corrected chi connectivity index (χ0v) is 17.5. The van der Waals surface area contributed by atoms with Gasteiger partial charge in [0.2, 0.25) is 6.29 Å². The van der Waals surface area contributed by atoms with Crippen molar-refractivity contribution in [3.8, 4) is 0 Å². The van der Waals surface area contributed by atoms with E-state index in [1.165, 1.54) is 18.2 Å². The summed E-state index contributed by atoms with van der Waals surface area (Å²) >= 11 is 0. The highest BCUT2D eigenvalue weighted by Gasteiger charge is 2.47. The molecule has 1 heterocycles. The van der Waals surface area contributed by atoms with Gasteiger partial charge in [0.15, 0.2) is 5.78 Å². The van der Waals surface area contributed by atoms with Crippen molar-refractivity contribution in [2.45, 2.75) is 70.4 Å². The molecule has 1 aliphatic heterocycles. The van der Waals surface area contributed by atoms with Crippen LogP contribution in [-0.4, -0.2) is 80.2 Å². The number of hydrogen-bond acceptors (Lipinski definition) is 9. The van der Waals surface area contributed by atoms with Crippen LogP contribution in [0.3, 0.4) is 0 Å². The molecule has 9 nitrogen and oxygen atoms in total. The molecule has 168 valence electrons. The molecule has 0 radical (unpaired) electrons. The highest BCUT2D eigenvalue weighted by atomic mass is 16.7. The minimum Gasteiger partial charge on any atom is -0.430 e. The Morgan fingerprint density at radius 1 is 1.27 bits per heavy atom. The largest absolute Gasteiger partial charge is 0.430 e. The average Bonchev–Trinajstić information content (AvgIpc) is 2.64. The Labute approximate surface area is 174 Å². The van der Waals surface area contributed by atoms with E-state index in [9.17, 15) is 35.1 Å². The highest BCUT2D eigenvalue weighted by molar-refractivity contribution is 5.92. The number of ketones is 1. The van der Waals surface area contributed by atoms with E-state index in [1.54, 1.807) is 27.7 Å². The molecule has 30 heavy (non-hydrogen) atoms. The number of allylic oxidation sites excluding steroid dienone is 3. The first-order valence-electron chi connectivity index (χ1n) is 9.65. The quantitative estimate of drug-likeness (QED) is 0.222. The van der Waals surface area contributed by atoms with E-state index in [2.05, 4.69) is 0 Å². The normalized spacial score (nSPS) is 37.2. The van der Waals surface area contributed by atoms with E-state index < -0.39 is 54.3 Å². The van der Waals surface area contributed by atoms with Crippen LogP contribution < -0.4 is 0 Å². The van der Waals surface area contributed by atoms with Crippen molar-refractivity contribution in [1.29, 1.82) is 0 Å². The zero-order valence-electron chi connectivity index (χ0n) is 17.5. The monoisotopic (exact) mass is 426 g/mol. The van der Waals surface area contributed by atoms with Gasteiger partial charge in [-0.1, -0.05) is 19.9 Å². The summed E-state index contributed by atoms with van der Waals surface area (Å²) in [5.74, 6) is -0.954. The number of aliphatic hydroxyl groups excluding tert-OH is 4. The van der Waals surface area contributed by atoms with Gasteiger partial charge in [-0.25, -0.2) is 4.79 Å². The molecule has 2 rings (SSSR count). The summed E-state index contributed by atoms with van der Waals surface area (Å²) in [5, 5.41) is 49.7. The summed E-state index contributed by atoms with van der Waals surface area (Å²) in [5.41, 5.74) is -1.21. The van der Waals surface area contributed by atoms with Gasteiger partial charge in [0.1, 0.15) is 30.0 Å². The first-order chi connectivity index (χ1) is 13.8. The number of rotatable bonds is 5. The van der Waals surface area contributed by atoms with Crippen LogP contribution in [-0.2, 0) is 19.1 Å². The molecule has 1 saturated heterocycles. The number of ether oxygens (including phenoxy) is 2. The third-order valence-corrected chi connectivity index (χ3v) is 5.64. The minimum atomic E-state index is -1.69. The van der Waals surface area contributed by atoms with Crippen LogP contribution in [0, 0.1) is 5.41 Å². The summed E-state index contributed by atoms with van der Waals surface area (Å²) < 4.78 is 10.1. The zero-order chi connectivity index (χ0) is 22.9. The molecule has 2 aliphatic rings. The maximum atomic E-state index is 12.2. The van der Waals surface area contributed by atoms with Crippen LogP contribution in [0.4, 0.5) is 0 Å². The Kier molecular flexibility index (Phi) is 7.39. The van der Waals surface area contributed by atoms with E-state index in [0.29, 0.717) is 11.1 Å². The van der Waals surface area contributed by atoms with Crippen LogP contribution in [0.15, 0.2) is 35.5 Å². The Hall–Kier alpha value is -1.88. The highest BCUT2D eigenvalue weighted by Crippen LogP contribution is 2.44. The molecule has 0 bridgehead atoms. The molecule has 0 amide bonds. The van der Waals surface area contributed by atoms with Crippen molar-refractivity contribution in [3.05, 3.63) is 35.5 Å². The number of carbonyl (C=O) groups excluding carboxylic acids is 2. The predicted octanol–water partition coefficient (Wildman–Crippen LogP) is -0.492. The van der Waals surface area contributed by atoms with Gasteiger partial charge in [0, 0.05) is 17.9 Å². The molecule has 1 aliphatic carbocycles. The van der Waals surface area contributed by atoms with Gasteiger partial charge in [-0.15, -0.1) is 0 Å². The topological polar surface area (TPSA) is 154 Å². The van der Waals surface area contributed by atoms with Gasteiger partial charge >= 0.3 is 5.97 Å². The minimum absolute atomic E-state index is 0.0639. The summed E-state index contributed by atoms with van der Waals surface area (Å²) in [4.78, 5) is 24.0. The van der Waals surface area contributed by atoms with Gasteiger partial charge in [-0.3, -0.25) is 4.79 Å². The lowest BCUT2D eigenvalue weighted by atomic mass is 9.64. The second kappa shape index (κ2) is 9.09. The summed E-state index contributed by atoms with van der Waals surface area (Å²) in [6, 6.07) is 0. The fourth-order valence-corrected chi connectivity index (χ4v) is 3.66. The van der Waals surface area contributed by atoms with Gasteiger partial charge in [-0.05, 0) is 37.1 Å². The predicted molar refractivity (Wildman–Crippen MR) is 105 cm³/mol. The van der Waals surface area contributed by atoms with E-state index in [1.807, 2.05) is 0 Å². The maximum Gasteiger partial charge on any atom is 0.333 e. The second-order valence-electron chi connectivity index (χ2n) is 8.48. The van der Waals surface area contributed by atoms with E-state index in [0.717, 1.165) is 6.08 Å². The fraction of sp³-hybridized carbons (Fsp3) is 0.619. The molecule has 9 heteroatoms. The molecule has 0 aromatic heterocycles. The molecule has 0 aromatic carbocycles. The van der Waals surface area contributed by atoms with Crippen molar-refractivity contribution in [1.82, 2.24) is 0 Å². The van der Waals surface area contributed by atoms with Gasteiger partial charge in [-0.2, -0.15) is 0 Å². The van der Waals surface area contributed by atoms with Gasteiger partial charge in [0.05, 0.1) is 6.61 Å². The summed E-state index contributed by atoms with van der Waals surface area (Å²) in [6.45, 7) is 6.17. The van der Waals surface area contributed by atoms with Crippen LogP contribution in [0.1, 0.15) is 34.1 Å². The first kappa shape index (κ1) is 24.4. The standard InChI is InChI=1S/C21H30O9/c1-11(5-6-21(28)12(2)8-13(23)9-20(21,3)4)7-15(24)30-19-18(27)17(26)16(25)14(10-22)29-19/h5-8,14,16-19,22,25-28H,9-10H2,1-4H3/b6-5-,11-7-/t14-,16-,17+,18-,19+,21-/m1/s1. The van der Waals surface area contributed by atoms with Crippen molar-refractivity contribution in [3.63, 3.8) is 0 Å². The van der Waals surface area contributed by atoms with Gasteiger partial charge < -0.3 is 35.0 Å². The molecular formula is C21H30O9. The Bertz CT molecular complexity index is 764. The molecule has 0 spiro atoms. The Balaban J connectivity index is 2.11. The lowest BCUT2D eigenvalue weighted by Crippen LogP contribution is -2.59. The van der Waals surface area contributed by atoms with Crippen LogP contribution in [0.5, 0.6) is 0 Å². The lowest BCUT2D eigenvalue weighted by Gasteiger charge is -2.44. The third kappa shape index (κ3) is 4.88. The van der Waals surface area contributed by atoms with Crippen molar-refractivity contribution >= 4 is 11.8 Å². The molecule has 0 saturated carbocycles. The maximum absolute atomic E-state index is 12.2. The van der Waals surface area contributed by atoms with Crippen LogP contribution >= 0.6 is 0 Å². The smallest absolute Gasteiger partial charge is 0.333 e. The number of carbonyl (C=O) groups is 2. The number of esters is 1. The average molecular weight is 426 g/mol. The van der Waals surface area contributed by atoms with Crippen LogP contribution in [0.25, 0.3) is 0 Å². The number of aliphatic hydroxyl groups is 5. The van der Waals surface area contributed by atoms with E-state index in [4.69, 9.17) is 9.47 Å². The molecule has 6 atom stereocenters. The van der Waals surface area contributed by atoms with E-state index >= 15 is 0 Å². The second-order valence-corrected chi connectivity index (χ2v) is 8.48. The van der Waals surface area contributed by atoms with Crippen molar-refractivity contribution < 1.29 is 44.6 Å². The molecule has 0 aromatic rings. The molecule has 5 N–H and O–H groups in total. The molecule has 1 fully saturated rings. The first-order valence-corrected chi connectivity index (χ1v) is 9.65. The van der Waals surface area contributed by atoms with Crippen molar-refractivity contribution in [2.75, 3.05) is 6.61 Å². The van der Waals surface area contributed by atoms with Gasteiger partial charge in [0.25, 0.3) is 0 Å². The lowest BCUT2D eigenvalue weighted by molar-refractivity contribution is -0.291. The summed E-state index contributed by atoms with van der Waals surface area (Å²) in [6.07, 6.45) is -1.95. The Morgan fingerprint density at radius 2 is 1.90 bits per heavy atom. The van der Waals surface area contributed by atoms with Crippen LogP contribution in [0.2, 0.25) is 0 Å².